The second kappa shape index (κ2) is 4.82. The minimum Gasteiger partial charge on any atom is -0.508 e. The van der Waals surface area contributed by atoms with E-state index in [1.165, 1.54) is 12.1 Å². The Morgan fingerprint density at radius 1 is 1.35 bits per heavy atom. The van der Waals surface area contributed by atoms with Crippen LogP contribution in [0.1, 0.15) is 0 Å². The van der Waals surface area contributed by atoms with Crippen LogP contribution in [0.25, 0.3) is 11.4 Å². The zero-order chi connectivity index (χ0) is 12.4. The van der Waals surface area contributed by atoms with Crippen LogP contribution in [0.3, 0.4) is 0 Å². The highest BCUT2D eigenvalue weighted by molar-refractivity contribution is 14.1. The number of anilines is 1. The molecule has 0 aliphatic rings. The Balaban J connectivity index is 2.52. The van der Waals surface area contributed by atoms with Crippen molar-refractivity contribution in [3.05, 3.63) is 33.8 Å². The molecule has 2 N–H and O–H groups in total. The lowest BCUT2D eigenvalue weighted by molar-refractivity contribution is 0.469. The summed E-state index contributed by atoms with van der Waals surface area (Å²) in [5, 5.41) is 12.2. The van der Waals surface area contributed by atoms with Crippen LogP contribution in [-0.2, 0) is 0 Å². The first-order valence-corrected chi connectivity index (χ1v) is 5.88. The summed E-state index contributed by atoms with van der Waals surface area (Å²) in [6.07, 6.45) is 1.64. The maximum atomic E-state index is 13.1. The topological polar surface area (TPSA) is 58.0 Å². The van der Waals surface area contributed by atoms with Gasteiger partial charge in [-0.1, -0.05) is 0 Å². The van der Waals surface area contributed by atoms with Crippen molar-refractivity contribution in [2.75, 3.05) is 12.4 Å². The molecule has 0 atom stereocenters. The number of rotatable bonds is 2. The molecule has 0 amide bonds. The van der Waals surface area contributed by atoms with E-state index in [1.54, 1.807) is 13.2 Å². The number of aromatic hydroxyl groups is 1. The first-order chi connectivity index (χ1) is 8.10. The van der Waals surface area contributed by atoms with Crippen LogP contribution in [0.4, 0.5) is 10.2 Å². The van der Waals surface area contributed by atoms with Crippen molar-refractivity contribution in [2.45, 2.75) is 0 Å². The Morgan fingerprint density at radius 2 is 2.12 bits per heavy atom. The molecular weight excluding hydrogens is 336 g/mol. The molecule has 2 rings (SSSR count). The molecule has 17 heavy (non-hydrogen) atoms. The largest absolute Gasteiger partial charge is 0.508 e. The highest BCUT2D eigenvalue weighted by atomic mass is 127. The molecule has 0 saturated carbocycles. The van der Waals surface area contributed by atoms with Crippen molar-refractivity contribution in [2.24, 2.45) is 0 Å². The van der Waals surface area contributed by atoms with Crippen LogP contribution in [0.5, 0.6) is 5.75 Å². The summed E-state index contributed by atoms with van der Waals surface area (Å²) in [7, 11) is 1.75. The van der Waals surface area contributed by atoms with Crippen LogP contribution >= 0.6 is 22.6 Å². The number of nitrogens with zero attached hydrogens (tertiary/aromatic N) is 2. The molecular formula is C11H9FIN3O. The third-order valence-corrected chi connectivity index (χ3v) is 2.91. The number of hydrogen-bond donors (Lipinski definition) is 2. The SMILES string of the molecule is CNc1nc(-c2cc(O)cc(F)c2)ncc1I. The van der Waals surface area contributed by atoms with E-state index < -0.39 is 5.82 Å². The second-order valence-electron chi connectivity index (χ2n) is 3.34. The van der Waals surface area contributed by atoms with Crippen LogP contribution in [0, 0.1) is 9.39 Å². The molecule has 0 unspecified atom stereocenters. The van der Waals surface area contributed by atoms with Gasteiger partial charge in [-0.25, -0.2) is 14.4 Å². The Morgan fingerprint density at radius 3 is 2.76 bits per heavy atom. The fourth-order valence-electron chi connectivity index (χ4n) is 1.38. The molecule has 4 nitrogen and oxygen atoms in total. The van der Waals surface area contributed by atoms with Crippen molar-refractivity contribution in [3.63, 3.8) is 0 Å². The molecule has 1 heterocycles. The molecule has 0 saturated heterocycles. The highest BCUT2D eigenvalue weighted by Gasteiger charge is 2.08. The summed E-state index contributed by atoms with van der Waals surface area (Å²) in [4.78, 5) is 8.34. The van der Waals surface area contributed by atoms with Gasteiger partial charge in [-0.3, -0.25) is 0 Å². The van der Waals surface area contributed by atoms with Gasteiger partial charge in [0.05, 0.1) is 3.57 Å². The lowest BCUT2D eigenvalue weighted by atomic mass is 10.2. The summed E-state index contributed by atoms with van der Waals surface area (Å²) >= 11 is 2.10. The molecule has 0 spiro atoms. The van der Waals surface area contributed by atoms with Gasteiger partial charge in [-0.2, -0.15) is 0 Å². The zero-order valence-electron chi connectivity index (χ0n) is 8.91. The normalized spacial score (nSPS) is 10.3. The van der Waals surface area contributed by atoms with Gasteiger partial charge in [-0.05, 0) is 34.7 Å². The number of halogens is 2. The summed E-state index contributed by atoms with van der Waals surface area (Å²) in [5.74, 6) is 0.366. The smallest absolute Gasteiger partial charge is 0.161 e. The maximum absolute atomic E-state index is 13.1. The van der Waals surface area contributed by atoms with Crippen molar-refractivity contribution in [1.29, 1.82) is 0 Å². The molecule has 0 radical (unpaired) electrons. The van der Waals surface area contributed by atoms with Crippen molar-refractivity contribution < 1.29 is 9.50 Å². The lowest BCUT2D eigenvalue weighted by Gasteiger charge is -2.06. The average molecular weight is 345 g/mol. The minimum atomic E-state index is -0.520. The van der Waals surface area contributed by atoms with Crippen molar-refractivity contribution >= 4 is 28.4 Å². The van der Waals surface area contributed by atoms with E-state index in [-0.39, 0.29) is 5.75 Å². The van der Waals surface area contributed by atoms with Gasteiger partial charge in [0.15, 0.2) is 5.82 Å². The van der Waals surface area contributed by atoms with E-state index in [2.05, 4.69) is 37.9 Å². The van der Waals surface area contributed by atoms with Gasteiger partial charge >= 0.3 is 0 Å². The highest BCUT2D eigenvalue weighted by Crippen LogP contribution is 2.24. The van der Waals surface area contributed by atoms with Gasteiger partial charge in [0.2, 0.25) is 0 Å². The molecule has 6 heteroatoms. The van der Waals surface area contributed by atoms with Gasteiger partial charge in [0.1, 0.15) is 17.4 Å². The van der Waals surface area contributed by atoms with Crippen molar-refractivity contribution in [3.8, 4) is 17.1 Å². The number of nitrogens with one attached hydrogen (secondary N) is 1. The standard InChI is InChI=1S/C11H9FIN3O/c1-14-11-9(13)5-15-10(16-11)6-2-7(12)4-8(17)3-6/h2-5,17H,1H3,(H,14,15,16). The summed E-state index contributed by atoms with van der Waals surface area (Å²) in [6, 6.07) is 3.74. The number of phenols is 1. The van der Waals surface area contributed by atoms with Crippen LogP contribution in [-0.4, -0.2) is 22.1 Å². The van der Waals surface area contributed by atoms with E-state index in [9.17, 15) is 9.50 Å². The Labute approximate surface area is 111 Å². The maximum Gasteiger partial charge on any atom is 0.161 e. The Bertz CT molecular complexity index is 542. The molecule has 0 fully saturated rings. The molecule has 0 bridgehead atoms. The van der Waals surface area contributed by atoms with Crippen molar-refractivity contribution in [1.82, 2.24) is 9.97 Å². The van der Waals surface area contributed by atoms with Gasteiger partial charge in [0.25, 0.3) is 0 Å². The predicted molar refractivity (Wildman–Crippen MR) is 71.4 cm³/mol. The molecule has 1 aromatic heterocycles. The third kappa shape index (κ3) is 2.63. The van der Waals surface area contributed by atoms with E-state index in [1.807, 2.05) is 0 Å². The van der Waals surface area contributed by atoms with Crippen LogP contribution in [0.15, 0.2) is 24.4 Å². The monoisotopic (exact) mass is 345 g/mol. The predicted octanol–water partition coefficient (Wildman–Crippen LogP) is 2.63. The number of phenolic OH excluding ortho intramolecular Hbond substituents is 1. The Hall–Kier alpha value is -1.44. The van der Waals surface area contributed by atoms with E-state index in [0.717, 1.165) is 9.64 Å². The quantitative estimate of drug-likeness (QED) is 0.822. The number of benzene rings is 1. The van der Waals surface area contributed by atoms with E-state index in [4.69, 9.17) is 0 Å². The summed E-state index contributed by atoms with van der Waals surface area (Å²) in [5.41, 5.74) is 0.440. The summed E-state index contributed by atoms with van der Waals surface area (Å²) in [6.45, 7) is 0. The number of aromatic nitrogens is 2. The van der Waals surface area contributed by atoms with Gasteiger partial charge in [-0.15, -0.1) is 0 Å². The first-order valence-electron chi connectivity index (χ1n) is 4.80. The molecule has 1 aromatic carbocycles. The van der Waals surface area contributed by atoms with Gasteiger partial charge in [0, 0.05) is 24.9 Å². The van der Waals surface area contributed by atoms with E-state index >= 15 is 0 Å². The summed E-state index contributed by atoms with van der Waals surface area (Å²) < 4.78 is 14.0. The molecule has 0 aliphatic heterocycles. The lowest BCUT2D eigenvalue weighted by Crippen LogP contribution is -1.99. The fourth-order valence-corrected chi connectivity index (χ4v) is 1.91. The van der Waals surface area contributed by atoms with Gasteiger partial charge < -0.3 is 10.4 Å². The first kappa shape index (κ1) is 12.0. The molecule has 2 aromatic rings. The second-order valence-corrected chi connectivity index (χ2v) is 4.50. The number of hydrogen-bond acceptors (Lipinski definition) is 4. The van der Waals surface area contributed by atoms with E-state index in [0.29, 0.717) is 17.2 Å². The molecule has 88 valence electrons. The fraction of sp³-hybridized carbons (Fsp3) is 0.0909. The molecule has 0 aliphatic carbocycles. The third-order valence-electron chi connectivity index (χ3n) is 2.12. The Kier molecular flexibility index (Phi) is 3.41. The average Bonchev–Trinajstić information content (AvgIpc) is 2.28. The van der Waals surface area contributed by atoms with Crippen LogP contribution < -0.4 is 5.32 Å². The minimum absolute atomic E-state index is 0.145. The van der Waals surface area contributed by atoms with Crippen LogP contribution in [0.2, 0.25) is 0 Å². The zero-order valence-corrected chi connectivity index (χ0v) is 11.1.